The molecule has 0 atom stereocenters. The lowest BCUT2D eigenvalue weighted by molar-refractivity contribution is -0.384. The van der Waals surface area contributed by atoms with E-state index in [1.807, 2.05) is 10.8 Å². The lowest BCUT2D eigenvalue weighted by Gasteiger charge is -2.09. The quantitative estimate of drug-likeness (QED) is 0.459. The zero-order chi connectivity index (χ0) is 15.1. The fourth-order valence-corrected chi connectivity index (χ4v) is 2.08. The van der Waals surface area contributed by atoms with Gasteiger partial charge in [0.1, 0.15) is 5.69 Å². The van der Waals surface area contributed by atoms with Gasteiger partial charge in [0.15, 0.2) is 5.75 Å². The number of nitrogens with one attached hydrogen (secondary N) is 1. The van der Waals surface area contributed by atoms with Crippen LogP contribution in [0.15, 0.2) is 36.9 Å². The topological polar surface area (TPSA) is 82.2 Å². The van der Waals surface area contributed by atoms with Gasteiger partial charge in [-0.25, -0.2) is 4.98 Å². The molecule has 0 spiro atoms. The molecule has 0 saturated heterocycles. The van der Waals surface area contributed by atoms with Crippen LogP contribution in [-0.4, -0.2) is 28.1 Å². The molecule has 0 unspecified atom stereocenters. The summed E-state index contributed by atoms with van der Waals surface area (Å²) in [5, 5.41) is 14.2. The molecule has 1 aromatic heterocycles. The summed E-state index contributed by atoms with van der Waals surface area (Å²) < 4.78 is 7.04. The highest BCUT2D eigenvalue weighted by molar-refractivity contribution is 5.68. The SMILES string of the molecule is COc1cccc(NCCCCn2ccnc2)c1[N+](=O)[O-]. The number of benzene rings is 1. The summed E-state index contributed by atoms with van der Waals surface area (Å²) in [6.45, 7) is 1.56. The Hall–Kier alpha value is -2.57. The molecule has 0 aliphatic rings. The van der Waals surface area contributed by atoms with Crippen molar-refractivity contribution in [2.75, 3.05) is 19.0 Å². The molecule has 21 heavy (non-hydrogen) atoms. The Labute approximate surface area is 122 Å². The summed E-state index contributed by atoms with van der Waals surface area (Å²) in [4.78, 5) is 14.7. The third-order valence-electron chi connectivity index (χ3n) is 3.12. The summed E-state index contributed by atoms with van der Waals surface area (Å²) in [6.07, 6.45) is 7.33. The molecule has 1 aromatic carbocycles. The largest absolute Gasteiger partial charge is 0.490 e. The molecule has 0 aliphatic heterocycles. The molecular weight excluding hydrogens is 272 g/mol. The number of nitro benzene ring substituents is 1. The fraction of sp³-hybridized carbons (Fsp3) is 0.357. The number of hydrogen-bond donors (Lipinski definition) is 1. The maximum atomic E-state index is 11.1. The Bertz CT molecular complexity index is 584. The second-order valence-corrected chi connectivity index (χ2v) is 4.55. The van der Waals surface area contributed by atoms with Crippen molar-refractivity contribution >= 4 is 11.4 Å². The van der Waals surface area contributed by atoms with E-state index in [4.69, 9.17) is 4.74 Å². The summed E-state index contributed by atoms with van der Waals surface area (Å²) >= 11 is 0. The minimum Gasteiger partial charge on any atom is -0.490 e. The van der Waals surface area contributed by atoms with E-state index in [9.17, 15) is 10.1 Å². The molecular formula is C14H18N4O3. The van der Waals surface area contributed by atoms with E-state index < -0.39 is 4.92 Å². The Morgan fingerprint density at radius 1 is 1.43 bits per heavy atom. The molecule has 0 saturated carbocycles. The highest BCUT2D eigenvalue weighted by Crippen LogP contribution is 2.34. The van der Waals surface area contributed by atoms with Crippen molar-refractivity contribution in [3.63, 3.8) is 0 Å². The minimum atomic E-state index is -0.424. The second-order valence-electron chi connectivity index (χ2n) is 4.55. The van der Waals surface area contributed by atoms with Gasteiger partial charge in [0, 0.05) is 25.5 Å². The van der Waals surface area contributed by atoms with Crippen LogP contribution >= 0.6 is 0 Å². The fourth-order valence-electron chi connectivity index (χ4n) is 2.08. The van der Waals surface area contributed by atoms with Crippen molar-refractivity contribution in [1.82, 2.24) is 9.55 Å². The number of nitro groups is 1. The maximum Gasteiger partial charge on any atom is 0.333 e. The standard InChI is InChI=1S/C14H18N4O3/c1-21-13-6-4-5-12(14(13)18(19)20)16-7-2-3-9-17-10-8-15-11-17/h4-6,8,10-11,16H,2-3,7,9H2,1H3. The average molecular weight is 290 g/mol. The summed E-state index contributed by atoms with van der Waals surface area (Å²) in [7, 11) is 1.43. The molecule has 112 valence electrons. The maximum absolute atomic E-state index is 11.1. The number of aromatic nitrogens is 2. The van der Waals surface area contributed by atoms with Crippen LogP contribution in [0, 0.1) is 10.1 Å². The van der Waals surface area contributed by atoms with E-state index in [1.54, 1.807) is 30.7 Å². The van der Waals surface area contributed by atoms with Gasteiger partial charge in [-0.05, 0) is 25.0 Å². The van der Waals surface area contributed by atoms with Crippen molar-refractivity contribution < 1.29 is 9.66 Å². The van der Waals surface area contributed by atoms with E-state index in [-0.39, 0.29) is 11.4 Å². The molecule has 2 aromatic rings. The highest BCUT2D eigenvalue weighted by Gasteiger charge is 2.19. The van der Waals surface area contributed by atoms with Gasteiger partial charge in [-0.15, -0.1) is 0 Å². The predicted octanol–water partition coefficient (Wildman–Crippen LogP) is 2.69. The molecule has 0 fully saturated rings. The normalized spacial score (nSPS) is 10.3. The molecule has 7 nitrogen and oxygen atoms in total. The van der Waals surface area contributed by atoms with E-state index in [1.165, 1.54) is 7.11 Å². The smallest absolute Gasteiger partial charge is 0.333 e. The number of rotatable bonds is 8. The van der Waals surface area contributed by atoms with Crippen LogP contribution in [0.2, 0.25) is 0 Å². The van der Waals surface area contributed by atoms with Crippen LogP contribution in [0.5, 0.6) is 5.75 Å². The molecule has 0 aliphatic carbocycles. The van der Waals surface area contributed by atoms with Crippen LogP contribution in [0.4, 0.5) is 11.4 Å². The van der Waals surface area contributed by atoms with Gasteiger partial charge < -0.3 is 14.6 Å². The second kappa shape index (κ2) is 7.28. The van der Waals surface area contributed by atoms with Crippen molar-refractivity contribution in [1.29, 1.82) is 0 Å². The number of ether oxygens (including phenoxy) is 1. The number of para-hydroxylation sites is 1. The Morgan fingerprint density at radius 2 is 2.29 bits per heavy atom. The van der Waals surface area contributed by atoms with Gasteiger partial charge in [-0.3, -0.25) is 10.1 Å². The van der Waals surface area contributed by atoms with Crippen LogP contribution in [-0.2, 0) is 6.54 Å². The van der Waals surface area contributed by atoms with E-state index in [0.29, 0.717) is 12.2 Å². The number of nitrogens with zero attached hydrogens (tertiary/aromatic N) is 3. The molecule has 1 N–H and O–H groups in total. The van der Waals surface area contributed by atoms with E-state index >= 15 is 0 Å². The van der Waals surface area contributed by atoms with Gasteiger partial charge >= 0.3 is 5.69 Å². The monoisotopic (exact) mass is 290 g/mol. The zero-order valence-corrected chi connectivity index (χ0v) is 11.9. The van der Waals surface area contributed by atoms with Gasteiger partial charge in [0.25, 0.3) is 0 Å². The first kappa shape index (κ1) is 14.8. The Morgan fingerprint density at radius 3 is 2.95 bits per heavy atom. The van der Waals surface area contributed by atoms with Crippen molar-refractivity contribution in [2.45, 2.75) is 19.4 Å². The molecule has 7 heteroatoms. The number of unbranched alkanes of at least 4 members (excludes halogenated alkanes) is 1. The third-order valence-corrected chi connectivity index (χ3v) is 3.12. The molecule has 1 heterocycles. The van der Waals surface area contributed by atoms with Crippen LogP contribution in [0.3, 0.4) is 0 Å². The van der Waals surface area contributed by atoms with Crippen LogP contribution < -0.4 is 10.1 Å². The molecule has 0 radical (unpaired) electrons. The number of aryl methyl sites for hydroxylation is 1. The number of imidazole rings is 1. The van der Waals surface area contributed by atoms with Gasteiger partial charge in [0.05, 0.1) is 18.4 Å². The Balaban J connectivity index is 1.86. The summed E-state index contributed by atoms with van der Waals surface area (Å²) in [5.74, 6) is 0.267. The van der Waals surface area contributed by atoms with E-state index in [0.717, 1.165) is 19.4 Å². The third kappa shape index (κ3) is 3.95. The van der Waals surface area contributed by atoms with E-state index in [2.05, 4.69) is 10.3 Å². The molecule has 0 bridgehead atoms. The first-order valence-electron chi connectivity index (χ1n) is 6.73. The van der Waals surface area contributed by atoms with Crippen molar-refractivity contribution in [2.24, 2.45) is 0 Å². The first-order valence-corrected chi connectivity index (χ1v) is 6.73. The van der Waals surface area contributed by atoms with Gasteiger partial charge in [-0.1, -0.05) is 6.07 Å². The highest BCUT2D eigenvalue weighted by atomic mass is 16.6. The lowest BCUT2D eigenvalue weighted by atomic mass is 10.2. The van der Waals surface area contributed by atoms with Gasteiger partial charge in [0.2, 0.25) is 0 Å². The van der Waals surface area contributed by atoms with Crippen molar-refractivity contribution in [3.05, 3.63) is 47.0 Å². The van der Waals surface area contributed by atoms with Crippen molar-refractivity contribution in [3.8, 4) is 5.75 Å². The summed E-state index contributed by atoms with van der Waals surface area (Å²) in [6, 6.07) is 5.01. The lowest BCUT2D eigenvalue weighted by Crippen LogP contribution is -2.06. The number of methoxy groups -OCH3 is 1. The van der Waals surface area contributed by atoms with Crippen LogP contribution in [0.1, 0.15) is 12.8 Å². The van der Waals surface area contributed by atoms with Gasteiger partial charge in [-0.2, -0.15) is 0 Å². The predicted molar refractivity (Wildman–Crippen MR) is 79.6 cm³/mol. The number of anilines is 1. The first-order chi connectivity index (χ1) is 10.2. The minimum absolute atomic E-state index is 0.0189. The summed E-state index contributed by atoms with van der Waals surface area (Å²) in [5.41, 5.74) is 0.469. The number of hydrogen-bond acceptors (Lipinski definition) is 5. The van der Waals surface area contributed by atoms with Crippen LogP contribution in [0.25, 0.3) is 0 Å². The molecule has 2 rings (SSSR count). The Kier molecular flexibility index (Phi) is 5.14. The zero-order valence-electron chi connectivity index (χ0n) is 11.9. The average Bonchev–Trinajstić information content (AvgIpc) is 2.99. The molecule has 0 amide bonds.